The predicted octanol–water partition coefficient (Wildman–Crippen LogP) is 2.61. The van der Waals surface area contributed by atoms with E-state index in [1.54, 1.807) is 12.4 Å². The summed E-state index contributed by atoms with van der Waals surface area (Å²) in [6.07, 6.45) is 4.99. The van der Waals surface area contributed by atoms with Crippen LogP contribution in [0.25, 0.3) is 0 Å². The lowest BCUT2D eigenvalue weighted by molar-refractivity contribution is -0.119. The molecule has 0 bridgehead atoms. The molecule has 1 aromatic heterocycles. The van der Waals surface area contributed by atoms with Crippen molar-refractivity contribution in [2.75, 3.05) is 0 Å². The number of hydrogen-bond donors (Lipinski definition) is 0. The van der Waals surface area contributed by atoms with Gasteiger partial charge in [0.25, 0.3) is 0 Å². The van der Waals surface area contributed by atoms with Crippen molar-refractivity contribution in [3.8, 4) is 0 Å². The van der Waals surface area contributed by atoms with E-state index in [2.05, 4.69) is 11.9 Å². The summed E-state index contributed by atoms with van der Waals surface area (Å²) < 4.78 is 0. The van der Waals surface area contributed by atoms with Gasteiger partial charge < -0.3 is 0 Å². The Balaban J connectivity index is 2.15. The van der Waals surface area contributed by atoms with Gasteiger partial charge in [-0.3, -0.25) is 9.78 Å². The van der Waals surface area contributed by atoms with Crippen LogP contribution in [0.4, 0.5) is 0 Å². The Morgan fingerprint density at radius 3 is 2.71 bits per heavy atom. The number of ketones is 1. The highest BCUT2D eigenvalue weighted by molar-refractivity contribution is 8.00. The Labute approximate surface area is 88.1 Å². The van der Waals surface area contributed by atoms with Crippen LogP contribution < -0.4 is 0 Å². The third-order valence-corrected chi connectivity index (χ3v) is 3.80. The number of Topliss-reactive ketones (excluding diaryl/α,β-unsaturated/α-hetero) is 1. The first-order valence-corrected chi connectivity index (χ1v) is 5.77. The van der Waals surface area contributed by atoms with Crippen molar-refractivity contribution in [1.29, 1.82) is 0 Å². The molecule has 0 saturated carbocycles. The average molecular weight is 207 g/mol. The lowest BCUT2D eigenvalue weighted by atomic mass is 10.0. The van der Waals surface area contributed by atoms with E-state index in [0.29, 0.717) is 22.7 Å². The molecule has 2 heterocycles. The Hall–Kier alpha value is -0.830. The fraction of sp³-hybridized carbons (Fsp3) is 0.455. The zero-order chi connectivity index (χ0) is 9.97. The fourth-order valence-electron chi connectivity index (χ4n) is 1.76. The molecule has 1 saturated heterocycles. The minimum atomic E-state index is 0.342. The van der Waals surface area contributed by atoms with Crippen molar-refractivity contribution in [3.05, 3.63) is 30.1 Å². The first-order valence-electron chi connectivity index (χ1n) is 4.83. The molecule has 1 aliphatic rings. The summed E-state index contributed by atoms with van der Waals surface area (Å²) in [6, 6.07) is 4.01. The van der Waals surface area contributed by atoms with Crippen molar-refractivity contribution < 1.29 is 4.79 Å². The van der Waals surface area contributed by atoms with Gasteiger partial charge in [0.15, 0.2) is 0 Å². The largest absolute Gasteiger partial charge is 0.300 e. The lowest BCUT2D eigenvalue weighted by Crippen LogP contribution is -2.18. The highest BCUT2D eigenvalue weighted by Crippen LogP contribution is 2.40. The van der Waals surface area contributed by atoms with Crippen LogP contribution in [-0.4, -0.2) is 16.0 Å². The highest BCUT2D eigenvalue weighted by Gasteiger charge is 2.25. The minimum Gasteiger partial charge on any atom is -0.300 e. The normalized spacial score (nSPS) is 27.6. The van der Waals surface area contributed by atoms with Gasteiger partial charge in [0.1, 0.15) is 5.78 Å². The van der Waals surface area contributed by atoms with Gasteiger partial charge in [0, 0.05) is 35.7 Å². The van der Waals surface area contributed by atoms with Crippen LogP contribution in [0.2, 0.25) is 0 Å². The van der Waals surface area contributed by atoms with Gasteiger partial charge in [0.2, 0.25) is 0 Å². The minimum absolute atomic E-state index is 0.342. The van der Waals surface area contributed by atoms with Gasteiger partial charge in [-0.15, -0.1) is 11.8 Å². The van der Waals surface area contributed by atoms with E-state index in [1.807, 2.05) is 23.9 Å². The molecule has 2 nitrogen and oxygen atoms in total. The number of carbonyl (C=O) groups excluding carboxylic acids is 1. The summed E-state index contributed by atoms with van der Waals surface area (Å²) in [5.74, 6) is 0.387. The summed E-state index contributed by atoms with van der Waals surface area (Å²) in [7, 11) is 0. The zero-order valence-electron chi connectivity index (χ0n) is 8.14. The number of nitrogens with zero attached hydrogens (tertiary/aromatic N) is 1. The van der Waals surface area contributed by atoms with Gasteiger partial charge in [-0.05, 0) is 17.7 Å². The Morgan fingerprint density at radius 1 is 1.36 bits per heavy atom. The van der Waals surface area contributed by atoms with E-state index in [0.717, 1.165) is 6.42 Å². The van der Waals surface area contributed by atoms with Crippen molar-refractivity contribution in [2.24, 2.45) is 0 Å². The summed E-state index contributed by atoms with van der Waals surface area (Å²) in [5, 5.41) is 0.795. The molecule has 0 spiro atoms. The van der Waals surface area contributed by atoms with Crippen LogP contribution in [0.5, 0.6) is 0 Å². The van der Waals surface area contributed by atoms with E-state index in [1.165, 1.54) is 5.56 Å². The molecule has 2 unspecified atom stereocenters. The highest BCUT2D eigenvalue weighted by atomic mass is 32.2. The molecule has 0 N–H and O–H groups in total. The lowest BCUT2D eigenvalue weighted by Gasteiger charge is -2.25. The van der Waals surface area contributed by atoms with Crippen LogP contribution in [-0.2, 0) is 4.79 Å². The average Bonchev–Trinajstić information content (AvgIpc) is 2.18. The standard InChI is InChI=1S/C11H13NOS/c1-8-6-10(13)7-11(14-8)9-2-4-12-5-3-9/h2-5,8,11H,6-7H2,1H3. The first-order chi connectivity index (χ1) is 6.75. The second-order valence-corrected chi connectivity index (χ2v) is 5.31. The van der Waals surface area contributed by atoms with Crippen molar-refractivity contribution in [2.45, 2.75) is 30.3 Å². The quantitative estimate of drug-likeness (QED) is 0.709. The summed E-state index contributed by atoms with van der Waals surface area (Å²) in [4.78, 5) is 15.4. The van der Waals surface area contributed by atoms with E-state index < -0.39 is 0 Å². The van der Waals surface area contributed by atoms with Gasteiger partial charge in [-0.25, -0.2) is 0 Å². The monoisotopic (exact) mass is 207 g/mol. The van der Waals surface area contributed by atoms with Gasteiger partial charge in [0.05, 0.1) is 0 Å². The summed E-state index contributed by atoms with van der Waals surface area (Å²) >= 11 is 1.89. The molecule has 0 aliphatic carbocycles. The zero-order valence-corrected chi connectivity index (χ0v) is 8.96. The van der Waals surface area contributed by atoms with Gasteiger partial charge in [-0.2, -0.15) is 0 Å². The maximum absolute atomic E-state index is 11.4. The van der Waals surface area contributed by atoms with E-state index in [-0.39, 0.29) is 0 Å². The molecule has 2 atom stereocenters. The number of carbonyl (C=O) groups is 1. The van der Waals surface area contributed by atoms with Crippen LogP contribution in [0, 0.1) is 0 Å². The number of aromatic nitrogens is 1. The number of rotatable bonds is 1. The first kappa shape index (κ1) is 9.71. The second kappa shape index (κ2) is 4.13. The molecule has 1 fully saturated rings. The third kappa shape index (κ3) is 2.15. The SMILES string of the molecule is CC1CC(=O)CC(c2ccncc2)S1. The molecular weight excluding hydrogens is 194 g/mol. The van der Waals surface area contributed by atoms with Crippen LogP contribution in [0.15, 0.2) is 24.5 Å². The summed E-state index contributed by atoms with van der Waals surface area (Å²) in [5.41, 5.74) is 1.23. The van der Waals surface area contributed by atoms with Crippen LogP contribution in [0.1, 0.15) is 30.6 Å². The smallest absolute Gasteiger partial charge is 0.135 e. The van der Waals surface area contributed by atoms with Crippen LogP contribution in [0.3, 0.4) is 0 Å². The van der Waals surface area contributed by atoms with E-state index in [4.69, 9.17) is 0 Å². The van der Waals surface area contributed by atoms with Crippen LogP contribution >= 0.6 is 11.8 Å². The van der Waals surface area contributed by atoms with Crippen molar-refractivity contribution >= 4 is 17.5 Å². The second-order valence-electron chi connectivity index (χ2n) is 3.66. The molecule has 0 amide bonds. The van der Waals surface area contributed by atoms with Gasteiger partial charge >= 0.3 is 0 Å². The molecule has 1 aromatic rings. The molecule has 2 rings (SSSR count). The number of pyridine rings is 1. The molecule has 0 radical (unpaired) electrons. The van der Waals surface area contributed by atoms with E-state index >= 15 is 0 Å². The molecule has 74 valence electrons. The Morgan fingerprint density at radius 2 is 2.07 bits per heavy atom. The topological polar surface area (TPSA) is 30.0 Å². The molecule has 3 heteroatoms. The van der Waals surface area contributed by atoms with Crippen molar-refractivity contribution in [3.63, 3.8) is 0 Å². The molecular formula is C11H13NOS. The fourth-order valence-corrected chi connectivity index (χ4v) is 3.20. The third-order valence-electron chi connectivity index (χ3n) is 2.40. The molecule has 0 aromatic carbocycles. The van der Waals surface area contributed by atoms with Gasteiger partial charge in [-0.1, -0.05) is 6.92 Å². The predicted molar refractivity (Wildman–Crippen MR) is 58.3 cm³/mol. The maximum atomic E-state index is 11.4. The maximum Gasteiger partial charge on any atom is 0.135 e. The molecule has 14 heavy (non-hydrogen) atoms. The summed E-state index contributed by atoms with van der Waals surface area (Å²) in [6.45, 7) is 2.12. The van der Waals surface area contributed by atoms with E-state index in [9.17, 15) is 4.79 Å². The number of hydrogen-bond acceptors (Lipinski definition) is 3. The number of thioether (sulfide) groups is 1. The van der Waals surface area contributed by atoms with Crippen molar-refractivity contribution in [1.82, 2.24) is 4.98 Å². The molecule has 1 aliphatic heterocycles. The Kier molecular flexibility index (Phi) is 2.87. The Bertz CT molecular complexity index is 325.